The zero-order valence-electron chi connectivity index (χ0n) is 12.2. The topological polar surface area (TPSA) is 51.4 Å². The molecule has 1 aliphatic rings. The molecule has 0 aromatic carbocycles. The molecule has 1 aliphatic heterocycles. The fourth-order valence-electron chi connectivity index (χ4n) is 1.61. The molecule has 0 radical (unpaired) electrons. The van der Waals surface area contributed by atoms with Crippen LogP contribution >= 0.6 is 0 Å². The zero-order valence-corrected chi connectivity index (χ0v) is 12.2. The second-order valence-corrected chi connectivity index (χ2v) is 6.06. The highest BCUT2D eigenvalue weighted by Crippen LogP contribution is 2.38. The van der Waals surface area contributed by atoms with Crippen LogP contribution in [0.15, 0.2) is 0 Å². The summed E-state index contributed by atoms with van der Waals surface area (Å²) in [5.41, 5.74) is -0.461. The van der Waals surface area contributed by atoms with Crippen molar-refractivity contribution < 1.29 is 19.3 Å². The van der Waals surface area contributed by atoms with Crippen LogP contribution in [0.1, 0.15) is 66.7 Å². The second-order valence-electron chi connectivity index (χ2n) is 6.06. The average Bonchev–Trinajstić information content (AvgIpc) is 3.05. The van der Waals surface area contributed by atoms with Gasteiger partial charge in [0.1, 0.15) is 5.60 Å². The smallest absolute Gasteiger partial charge is 0.373 e. The molecule has 18 heavy (non-hydrogen) atoms. The van der Waals surface area contributed by atoms with Gasteiger partial charge in [0.25, 0.3) is 0 Å². The Kier molecular flexibility index (Phi) is 5.17. The van der Waals surface area contributed by atoms with Crippen LogP contribution in [0, 0.1) is 5.92 Å². The molecule has 0 spiro atoms. The number of hydrogen-bond acceptors (Lipinski definition) is 4. The van der Waals surface area contributed by atoms with Crippen LogP contribution < -0.4 is 0 Å². The molecule has 1 fully saturated rings. The highest BCUT2D eigenvalue weighted by atomic mass is 17.4. The summed E-state index contributed by atoms with van der Waals surface area (Å²) in [5.74, 6) is -0.810. The van der Waals surface area contributed by atoms with E-state index in [1.54, 1.807) is 0 Å². The number of esters is 1. The Hall–Kier alpha value is -0.610. The molecule has 0 aromatic rings. The molecule has 4 nitrogen and oxygen atoms in total. The van der Waals surface area contributed by atoms with Crippen LogP contribution in [0.3, 0.4) is 0 Å². The van der Waals surface area contributed by atoms with Crippen LogP contribution in [0.2, 0.25) is 0 Å². The first-order valence-electron chi connectivity index (χ1n) is 6.91. The Balaban J connectivity index is 2.33. The molecule has 0 atom stereocenters. The lowest BCUT2D eigenvalue weighted by atomic mass is 10.0. The molecule has 1 saturated heterocycles. The maximum Gasteiger partial charge on any atom is 0.373 e. The van der Waals surface area contributed by atoms with Gasteiger partial charge in [-0.25, -0.2) is 4.79 Å². The molecule has 0 unspecified atom stereocenters. The molecule has 0 saturated carbocycles. The maximum atomic E-state index is 12.0. The molecule has 0 aromatic heterocycles. The Labute approximate surface area is 110 Å². The number of carbonyl (C=O) groups excluding carboxylic acids is 1. The second kappa shape index (κ2) is 6.02. The number of rotatable bonds is 8. The van der Waals surface area contributed by atoms with E-state index in [0.717, 1.165) is 25.7 Å². The lowest BCUT2D eigenvalue weighted by Gasteiger charge is -2.24. The SMILES string of the molecule is CCC(C)(C)OC(=O)C1(CCCCC(C)C)OO1. The van der Waals surface area contributed by atoms with Crippen molar-refractivity contribution in [3.63, 3.8) is 0 Å². The molecule has 0 bridgehead atoms. The minimum atomic E-state index is -1.11. The van der Waals surface area contributed by atoms with Gasteiger partial charge < -0.3 is 4.74 Å². The minimum absolute atomic E-state index is 0.390. The first-order valence-corrected chi connectivity index (χ1v) is 6.91. The van der Waals surface area contributed by atoms with Crippen molar-refractivity contribution in [3.05, 3.63) is 0 Å². The highest BCUT2D eigenvalue weighted by Gasteiger charge is 2.58. The van der Waals surface area contributed by atoms with E-state index in [2.05, 4.69) is 13.8 Å². The third kappa shape index (κ3) is 4.58. The van der Waals surface area contributed by atoms with Crippen LogP contribution in [-0.4, -0.2) is 17.4 Å². The van der Waals surface area contributed by atoms with Crippen molar-refractivity contribution >= 4 is 5.97 Å². The predicted molar refractivity (Wildman–Crippen MR) is 68.7 cm³/mol. The molecule has 1 heterocycles. The zero-order chi connectivity index (χ0) is 13.8. The van der Waals surface area contributed by atoms with Gasteiger partial charge in [0, 0.05) is 6.42 Å². The molecular formula is C14H26O4. The fraction of sp³-hybridized carbons (Fsp3) is 0.929. The van der Waals surface area contributed by atoms with E-state index in [-0.39, 0.29) is 5.97 Å². The summed E-state index contributed by atoms with van der Waals surface area (Å²) in [5, 5.41) is 0. The van der Waals surface area contributed by atoms with Crippen LogP contribution in [0.5, 0.6) is 0 Å². The number of carbonyl (C=O) groups is 1. The molecule has 0 amide bonds. The monoisotopic (exact) mass is 258 g/mol. The summed E-state index contributed by atoms with van der Waals surface area (Å²) in [6, 6.07) is 0. The summed E-state index contributed by atoms with van der Waals surface area (Å²) in [7, 11) is 0. The number of unbranched alkanes of at least 4 members (excludes halogenated alkanes) is 1. The van der Waals surface area contributed by atoms with Crippen LogP contribution in [0.25, 0.3) is 0 Å². The van der Waals surface area contributed by atoms with Crippen molar-refractivity contribution in [2.24, 2.45) is 5.92 Å². The van der Waals surface area contributed by atoms with E-state index in [9.17, 15) is 4.79 Å². The van der Waals surface area contributed by atoms with Gasteiger partial charge >= 0.3 is 11.8 Å². The normalized spacial score (nSPS) is 17.9. The fourth-order valence-corrected chi connectivity index (χ4v) is 1.61. The Morgan fingerprint density at radius 2 is 1.89 bits per heavy atom. The highest BCUT2D eigenvalue weighted by molar-refractivity contribution is 5.79. The molecule has 4 heteroatoms. The number of ether oxygens (including phenoxy) is 1. The van der Waals surface area contributed by atoms with Gasteiger partial charge in [-0.15, -0.1) is 0 Å². The Morgan fingerprint density at radius 3 is 2.33 bits per heavy atom. The van der Waals surface area contributed by atoms with Gasteiger partial charge in [-0.2, -0.15) is 9.78 Å². The average molecular weight is 258 g/mol. The van der Waals surface area contributed by atoms with E-state index in [1.165, 1.54) is 0 Å². The van der Waals surface area contributed by atoms with E-state index in [4.69, 9.17) is 14.5 Å². The molecule has 106 valence electrons. The van der Waals surface area contributed by atoms with E-state index < -0.39 is 11.4 Å². The van der Waals surface area contributed by atoms with Gasteiger partial charge in [0.15, 0.2) is 0 Å². The van der Waals surface area contributed by atoms with E-state index in [1.807, 2.05) is 20.8 Å². The summed E-state index contributed by atoms with van der Waals surface area (Å²) < 4.78 is 5.40. The summed E-state index contributed by atoms with van der Waals surface area (Å²) in [4.78, 5) is 21.7. The maximum absolute atomic E-state index is 12.0. The first-order chi connectivity index (χ1) is 8.31. The third-order valence-corrected chi connectivity index (χ3v) is 3.35. The summed E-state index contributed by atoms with van der Waals surface area (Å²) in [6.07, 6.45) is 4.50. The molecule has 0 N–H and O–H groups in total. The number of hydrogen-bond donors (Lipinski definition) is 0. The largest absolute Gasteiger partial charge is 0.456 e. The van der Waals surface area contributed by atoms with Crippen molar-refractivity contribution in [1.82, 2.24) is 0 Å². The van der Waals surface area contributed by atoms with E-state index >= 15 is 0 Å². The van der Waals surface area contributed by atoms with Crippen molar-refractivity contribution in [2.45, 2.75) is 78.1 Å². The summed E-state index contributed by atoms with van der Waals surface area (Å²) in [6.45, 7) is 10.1. The van der Waals surface area contributed by atoms with Gasteiger partial charge in [0.2, 0.25) is 0 Å². The van der Waals surface area contributed by atoms with Gasteiger partial charge in [-0.3, -0.25) is 0 Å². The van der Waals surface area contributed by atoms with Gasteiger partial charge in [-0.1, -0.05) is 33.6 Å². The van der Waals surface area contributed by atoms with Crippen molar-refractivity contribution in [1.29, 1.82) is 0 Å². The van der Waals surface area contributed by atoms with Gasteiger partial charge in [-0.05, 0) is 32.6 Å². The summed E-state index contributed by atoms with van der Waals surface area (Å²) >= 11 is 0. The lowest BCUT2D eigenvalue weighted by Crippen LogP contribution is -2.35. The third-order valence-electron chi connectivity index (χ3n) is 3.35. The Morgan fingerprint density at radius 1 is 1.28 bits per heavy atom. The first kappa shape index (κ1) is 15.4. The lowest BCUT2D eigenvalue weighted by molar-refractivity contribution is -0.164. The van der Waals surface area contributed by atoms with Crippen LogP contribution in [-0.2, 0) is 19.3 Å². The van der Waals surface area contributed by atoms with E-state index in [0.29, 0.717) is 12.3 Å². The van der Waals surface area contributed by atoms with Crippen molar-refractivity contribution in [3.8, 4) is 0 Å². The van der Waals surface area contributed by atoms with Crippen LogP contribution in [0.4, 0.5) is 0 Å². The van der Waals surface area contributed by atoms with Crippen molar-refractivity contribution in [2.75, 3.05) is 0 Å². The predicted octanol–water partition coefficient (Wildman–Crippen LogP) is 3.59. The Bertz CT molecular complexity index is 280. The minimum Gasteiger partial charge on any atom is -0.456 e. The molecular weight excluding hydrogens is 232 g/mol. The standard InChI is InChI=1S/C14H26O4/c1-6-13(4,5)16-12(15)14(17-18-14)10-8-7-9-11(2)3/h11H,6-10H2,1-5H3. The van der Waals surface area contributed by atoms with Gasteiger partial charge in [0.05, 0.1) is 0 Å². The molecule has 1 rings (SSSR count). The molecule has 0 aliphatic carbocycles. The quantitative estimate of drug-likeness (QED) is 0.289.